The fourth-order valence-corrected chi connectivity index (χ4v) is 7.56. The van der Waals surface area contributed by atoms with E-state index in [1.807, 2.05) is 0 Å². The molecule has 2 rings (SSSR count). The van der Waals surface area contributed by atoms with E-state index in [1.165, 1.54) is 6.42 Å². The van der Waals surface area contributed by atoms with Crippen LogP contribution in [0.3, 0.4) is 0 Å². The van der Waals surface area contributed by atoms with Gasteiger partial charge in [-0.15, -0.1) is 0 Å². The van der Waals surface area contributed by atoms with Crippen molar-refractivity contribution in [1.29, 1.82) is 0 Å². The monoisotopic (exact) mass is 318 g/mol. The Morgan fingerprint density at radius 2 is 1.94 bits per heavy atom. The number of hydrogen-bond acceptors (Lipinski definition) is 2. The Bertz CT molecular complexity index is 352. The molecule has 0 aromatic rings. The van der Waals surface area contributed by atoms with Gasteiger partial charge in [0, 0.05) is 0 Å². The maximum absolute atomic E-state index is 12.7. The molecule has 0 amide bonds. The van der Waals surface area contributed by atoms with Crippen molar-refractivity contribution in [2.24, 2.45) is 16.7 Å². The van der Waals surface area contributed by atoms with E-state index in [9.17, 15) is 4.79 Å². The number of fused-ring (bicyclic) bond motifs is 2. The van der Waals surface area contributed by atoms with Crippen LogP contribution in [-0.2, 0) is 9.53 Å². The number of ether oxygens (including phenoxy) is 1. The standard InChI is InChI=1S/C15H26O2Se/c1-9(17-6)10(2)18-12-11-7-8-15(5,13(12)16)14(11,3)4/h9-12H,7-8H2,1-6H3/t9?,10?,11-,12+,15+/m1/s1. The van der Waals surface area contributed by atoms with Gasteiger partial charge in [0.2, 0.25) is 0 Å². The van der Waals surface area contributed by atoms with Gasteiger partial charge in [0.1, 0.15) is 0 Å². The molecule has 3 heteroatoms. The van der Waals surface area contributed by atoms with E-state index in [1.54, 1.807) is 7.11 Å². The molecule has 2 saturated carbocycles. The van der Waals surface area contributed by atoms with E-state index in [4.69, 9.17) is 4.74 Å². The SMILES string of the molecule is COC(C)C(C)[Se][C@@H]1C(=O)[C@]2(C)CC[C@H]1C2(C)C. The molecule has 0 radical (unpaired) electrons. The van der Waals surface area contributed by atoms with Gasteiger partial charge in [0.05, 0.1) is 0 Å². The number of carbonyl (C=O) groups excluding carboxylic acids is 1. The summed E-state index contributed by atoms with van der Waals surface area (Å²) in [7, 11) is 1.77. The van der Waals surface area contributed by atoms with Gasteiger partial charge >= 0.3 is 117 Å². The zero-order chi connectivity index (χ0) is 13.7. The number of hydrogen-bond donors (Lipinski definition) is 0. The first-order chi connectivity index (χ1) is 8.25. The minimum absolute atomic E-state index is 0.0554. The van der Waals surface area contributed by atoms with Crippen LogP contribution in [0.5, 0.6) is 0 Å². The van der Waals surface area contributed by atoms with Crippen molar-refractivity contribution < 1.29 is 9.53 Å². The molecule has 0 saturated heterocycles. The van der Waals surface area contributed by atoms with Crippen LogP contribution >= 0.6 is 0 Å². The number of methoxy groups -OCH3 is 1. The second kappa shape index (κ2) is 4.61. The molecule has 2 aliphatic rings. The summed E-state index contributed by atoms with van der Waals surface area (Å²) in [6.07, 6.45) is 2.62. The van der Waals surface area contributed by atoms with Crippen LogP contribution in [0.2, 0.25) is 9.63 Å². The zero-order valence-corrected chi connectivity index (χ0v) is 14.2. The molecule has 5 atom stereocenters. The molecule has 0 N–H and O–H groups in total. The Kier molecular flexibility index (Phi) is 3.73. The molecule has 2 nitrogen and oxygen atoms in total. The third-order valence-corrected chi connectivity index (χ3v) is 9.32. The molecule has 2 bridgehead atoms. The van der Waals surface area contributed by atoms with Crippen LogP contribution < -0.4 is 0 Å². The second-order valence-electron chi connectivity index (χ2n) is 6.77. The quantitative estimate of drug-likeness (QED) is 0.743. The van der Waals surface area contributed by atoms with Crippen LogP contribution in [0.15, 0.2) is 0 Å². The maximum atomic E-state index is 12.7. The first-order valence-electron chi connectivity index (χ1n) is 6.98. The summed E-state index contributed by atoms with van der Waals surface area (Å²) in [6.45, 7) is 11.2. The van der Waals surface area contributed by atoms with Gasteiger partial charge in [-0.1, -0.05) is 0 Å². The van der Waals surface area contributed by atoms with E-state index in [0.717, 1.165) is 6.42 Å². The van der Waals surface area contributed by atoms with Crippen LogP contribution in [0.25, 0.3) is 0 Å². The van der Waals surface area contributed by atoms with Gasteiger partial charge < -0.3 is 0 Å². The Morgan fingerprint density at radius 3 is 2.39 bits per heavy atom. The van der Waals surface area contributed by atoms with Gasteiger partial charge in [-0.3, -0.25) is 0 Å². The van der Waals surface area contributed by atoms with Crippen molar-refractivity contribution in [3.05, 3.63) is 0 Å². The topological polar surface area (TPSA) is 26.3 Å². The van der Waals surface area contributed by atoms with Crippen LogP contribution in [0.1, 0.15) is 47.5 Å². The fraction of sp³-hybridized carbons (Fsp3) is 0.933. The summed E-state index contributed by atoms with van der Waals surface area (Å²) >= 11 is 0.368. The number of ketones is 1. The van der Waals surface area contributed by atoms with Crippen molar-refractivity contribution in [1.82, 2.24) is 0 Å². The molecule has 0 aliphatic heterocycles. The average Bonchev–Trinajstić information content (AvgIpc) is 2.62. The average molecular weight is 317 g/mol. The third kappa shape index (κ3) is 1.82. The summed E-state index contributed by atoms with van der Waals surface area (Å²) in [5.41, 5.74) is 0.145. The first kappa shape index (κ1) is 14.6. The molecule has 104 valence electrons. The van der Waals surface area contributed by atoms with Crippen LogP contribution in [-0.4, -0.2) is 34.0 Å². The molecule has 0 aromatic heterocycles. The first-order valence-corrected chi connectivity index (χ1v) is 8.96. The van der Waals surface area contributed by atoms with Crippen molar-refractivity contribution in [2.75, 3.05) is 7.11 Å². The van der Waals surface area contributed by atoms with E-state index >= 15 is 0 Å². The predicted molar refractivity (Wildman–Crippen MR) is 75.0 cm³/mol. The van der Waals surface area contributed by atoms with Gasteiger partial charge in [-0.2, -0.15) is 0 Å². The minimum atomic E-state index is -0.0554. The summed E-state index contributed by atoms with van der Waals surface area (Å²) < 4.78 is 5.42. The summed E-state index contributed by atoms with van der Waals surface area (Å²) in [5.74, 6) is 1.17. The molecule has 0 aromatic carbocycles. The Labute approximate surface area is 117 Å². The Balaban J connectivity index is 2.15. The molecular weight excluding hydrogens is 291 g/mol. The molecule has 0 spiro atoms. The summed E-state index contributed by atoms with van der Waals surface area (Å²) in [4.78, 5) is 13.6. The van der Waals surface area contributed by atoms with Crippen molar-refractivity contribution >= 4 is 20.7 Å². The second-order valence-corrected chi connectivity index (χ2v) is 9.96. The summed E-state index contributed by atoms with van der Waals surface area (Å²) in [5, 5.41) is 0. The normalized spacial score (nSPS) is 41.1. The summed E-state index contributed by atoms with van der Waals surface area (Å²) in [6, 6.07) is 0. The van der Waals surface area contributed by atoms with Gasteiger partial charge in [-0.05, 0) is 0 Å². The third-order valence-electron chi connectivity index (χ3n) is 5.87. The zero-order valence-electron chi connectivity index (χ0n) is 12.4. The molecule has 2 aliphatic carbocycles. The molecule has 18 heavy (non-hydrogen) atoms. The van der Waals surface area contributed by atoms with Crippen molar-refractivity contribution in [2.45, 2.75) is 63.2 Å². The number of carbonyl (C=O) groups is 1. The number of rotatable bonds is 4. The molecule has 2 unspecified atom stereocenters. The Hall–Kier alpha value is 0.149. The van der Waals surface area contributed by atoms with Gasteiger partial charge in [0.15, 0.2) is 0 Å². The van der Waals surface area contributed by atoms with Crippen molar-refractivity contribution in [3.63, 3.8) is 0 Å². The fourth-order valence-electron chi connectivity index (χ4n) is 3.69. The Morgan fingerprint density at radius 1 is 1.33 bits per heavy atom. The molecular formula is C15H26O2Se. The van der Waals surface area contributed by atoms with Crippen LogP contribution in [0, 0.1) is 16.7 Å². The predicted octanol–water partition coefficient (Wildman–Crippen LogP) is 3.35. The van der Waals surface area contributed by atoms with Crippen molar-refractivity contribution in [3.8, 4) is 0 Å². The van der Waals surface area contributed by atoms with E-state index < -0.39 is 0 Å². The van der Waals surface area contributed by atoms with E-state index in [2.05, 4.69) is 34.6 Å². The van der Waals surface area contributed by atoms with E-state index in [-0.39, 0.29) is 16.9 Å². The number of Topliss-reactive ketones (excluding diaryl/α,β-unsaturated/α-hetero) is 1. The molecule has 0 heterocycles. The van der Waals surface area contributed by atoms with Crippen LogP contribution in [0.4, 0.5) is 0 Å². The van der Waals surface area contributed by atoms with E-state index in [0.29, 0.717) is 36.3 Å². The van der Waals surface area contributed by atoms with Gasteiger partial charge in [0.25, 0.3) is 0 Å². The van der Waals surface area contributed by atoms with Gasteiger partial charge in [-0.25, -0.2) is 0 Å². The molecule has 2 fully saturated rings.